The van der Waals surface area contributed by atoms with Crippen molar-refractivity contribution in [3.05, 3.63) is 65.5 Å². The average molecular weight is 419 g/mol. The average Bonchev–Trinajstić information content (AvgIpc) is 3.27. The molecular weight excluding hydrogens is 391 g/mol. The summed E-state index contributed by atoms with van der Waals surface area (Å²) < 4.78 is 39.7. The maximum atomic E-state index is 13.0. The summed E-state index contributed by atoms with van der Waals surface area (Å²) in [5.74, 6) is 0.384. The van der Waals surface area contributed by atoms with E-state index in [1.165, 1.54) is 12.1 Å². The van der Waals surface area contributed by atoms with Gasteiger partial charge in [0, 0.05) is 26.2 Å². The molecule has 1 heterocycles. The first-order valence-corrected chi connectivity index (χ1v) is 11.3. The lowest BCUT2D eigenvalue weighted by Gasteiger charge is -2.15. The van der Waals surface area contributed by atoms with Gasteiger partial charge in [-0.05, 0) is 55.2 Å². The molecule has 1 aliphatic heterocycles. The van der Waals surface area contributed by atoms with E-state index in [4.69, 9.17) is 0 Å². The Hall–Kier alpha value is -2.45. The van der Waals surface area contributed by atoms with Crippen LogP contribution < -0.4 is 10.6 Å². The van der Waals surface area contributed by atoms with Crippen molar-refractivity contribution in [2.75, 3.05) is 19.6 Å². The van der Waals surface area contributed by atoms with E-state index in [9.17, 15) is 12.8 Å². The van der Waals surface area contributed by atoms with Crippen molar-refractivity contribution < 1.29 is 12.8 Å². The molecule has 2 aromatic carbocycles. The van der Waals surface area contributed by atoms with Gasteiger partial charge in [0.1, 0.15) is 5.82 Å². The Morgan fingerprint density at radius 1 is 1.00 bits per heavy atom. The summed E-state index contributed by atoms with van der Waals surface area (Å²) in [7, 11) is -3.39. The van der Waals surface area contributed by atoms with Crippen LogP contribution in [0.5, 0.6) is 0 Å². The molecule has 1 saturated heterocycles. The van der Waals surface area contributed by atoms with Gasteiger partial charge < -0.3 is 10.6 Å². The van der Waals surface area contributed by atoms with Crippen LogP contribution in [0.25, 0.3) is 0 Å². The van der Waals surface area contributed by atoms with Crippen molar-refractivity contribution in [2.24, 2.45) is 4.99 Å². The lowest BCUT2D eigenvalue weighted by atomic mass is 10.2. The fraction of sp³-hybridized carbons (Fsp3) is 0.381. The molecule has 0 unspecified atom stereocenters. The number of halogens is 1. The summed E-state index contributed by atoms with van der Waals surface area (Å²) >= 11 is 0. The van der Waals surface area contributed by atoms with E-state index in [1.54, 1.807) is 40.7 Å². The molecule has 0 aliphatic carbocycles. The Bertz CT molecular complexity index is 922. The van der Waals surface area contributed by atoms with Crippen LogP contribution in [0.3, 0.4) is 0 Å². The number of benzene rings is 2. The highest BCUT2D eigenvalue weighted by molar-refractivity contribution is 7.89. The molecule has 6 nitrogen and oxygen atoms in total. The Kier molecular flexibility index (Phi) is 7.22. The number of sulfonamides is 1. The zero-order valence-corrected chi connectivity index (χ0v) is 17.4. The van der Waals surface area contributed by atoms with Gasteiger partial charge in [0.05, 0.1) is 11.4 Å². The summed E-state index contributed by atoms with van der Waals surface area (Å²) in [6.45, 7) is 4.83. The molecule has 8 heteroatoms. The minimum Gasteiger partial charge on any atom is -0.357 e. The lowest BCUT2D eigenvalue weighted by Crippen LogP contribution is -2.36. The number of hydrogen-bond acceptors (Lipinski definition) is 3. The van der Waals surface area contributed by atoms with E-state index in [1.807, 2.05) is 6.92 Å². The molecule has 156 valence electrons. The van der Waals surface area contributed by atoms with Gasteiger partial charge >= 0.3 is 0 Å². The Balaban J connectivity index is 1.62. The zero-order valence-electron chi connectivity index (χ0n) is 16.6. The van der Waals surface area contributed by atoms with E-state index in [-0.39, 0.29) is 5.82 Å². The third kappa shape index (κ3) is 5.77. The maximum absolute atomic E-state index is 13.0. The number of hydrogen-bond donors (Lipinski definition) is 2. The van der Waals surface area contributed by atoms with Crippen LogP contribution in [0, 0.1) is 5.82 Å². The summed E-state index contributed by atoms with van der Waals surface area (Å²) in [6, 6.07) is 13.2. The van der Waals surface area contributed by atoms with Gasteiger partial charge in [0.2, 0.25) is 10.0 Å². The highest BCUT2D eigenvalue weighted by Crippen LogP contribution is 2.21. The normalized spacial score (nSPS) is 15.4. The highest BCUT2D eigenvalue weighted by Gasteiger charge is 2.26. The van der Waals surface area contributed by atoms with Gasteiger partial charge in [-0.3, -0.25) is 0 Å². The van der Waals surface area contributed by atoms with Crippen molar-refractivity contribution >= 4 is 16.0 Å². The highest BCUT2D eigenvalue weighted by atomic mass is 32.2. The van der Waals surface area contributed by atoms with Crippen LogP contribution in [0.2, 0.25) is 0 Å². The topological polar surface area (TPSA) is 73.8 Å². The first-order chi connectivity index (χ1) is 14.0. The fourth-order valence-electron chi connectivity index (χ4n) is 3.14. The molecule has 0 saturated carbocycles. The van der Waals surface area contributed by atoms with Crippen molar-refractivity contribution in [2.45, 2.75) is 37.8 Å². The van der Waals surface area contributed by atoms with E-state index in [0.29, 0.717) is 43.6 Å². The van der Waals surface area contributed by atoms with Crippen molar-refractivity contribution in [1.82, 2.24) is 14.9 Å². The van der Waals surface area contributed by atoms with Gasteiger partial charge in [-0.2, -0.15) is 4.31 Å². The molecule has 3 rings (SSSR count). The molecule has 29 heavy (non-hydrogen) atoms. The predicted molar refractivity (Wildman–Crippen MR) is 112 cm³/mol. The molecule has 1 aliphatic rings. The predicted octanol–water partition coefficient (Wildman–Crippen LogP) is 2.87. The summed E-state index contributed by atoms with van der Waals surface area (Å²) in [5, 5.41) is 6.38. The first kappa shape index (κ1) is 21.3. The molecule has 0 amide bonds. The second kappa shape index (κ2) is 9.84. The van der Waals surface area contributed by atoms with Gasteiger partial charge in [-0.1, -0.05) is 24.3 Å². The van der Waals surface area contributed by atoms with Gasteiger partial charge in [0.25, 0.3) is 0 Å². The minimum absolute atomic E-state index is 0.260. The summed E-state index contributed by atoms with van der Waals surface area (Å²) in [5.41, 5.74) is 1.87. The third-order valence-electron chi connectivity index (χ3n) is 4.76. The smallest absolute Gasteiger partial charge is 0.243 e. The van der Waals surface area contributed by atoms with E-state index >= 15 is 0 Å². The molecule has 0 aromatic heterocycles. The van der Waals surface area contributed by atoms with Gasteiger partial charge in [-0.25, -0.2) is 17.8 Å². The zero-order chi connectivity index (χ0) is 20.7. The van der Waals surface area contributed by atoms with Gasteiger partial charge in [0.15, 0.2) is 5.96 Å². The third-order valence-corrected chi connectivity index (χ3v) is 6.68. The second-order valence-corrected chi connectivity index (χ2v) is 8.87. The number of aliphatic imine (C=N–C) groups is 1. The Morgan fingerprint density at radius 3 is 2.24 bits per heavy atom. The fourth-order valence-corrected chi connectivity index (χ4v) is 4.66. The Morgan fingerprint density at radius 2 is 1.62 bits per heavy atom. The Labute approximate surface area is 171 Å². The van der Waals surface area contributed by atoms with Crippen LogP contribution in [0.1, 0.15) is 30.9 Å². The number of guanidine groups is 1. The van der Waals surface area contributed by atoms with Crippen LogP contribution >= 0.6 is 0 Å². The number of rotatable bonds is 7. The van der Waals surface area contributed by atoms with Crippen LogP contribution in [0.4, 0.5) is 4.39 Å². The molecule has 0 spiro atoms. The first-order valence-electron chi connectivity index (χ1n) is 9.85. The largest absolute Gasteiger partial charge is 0.357 e. The van der Waals surface area contributed by atoms with Crippen molar-refractivity contribution in [1.29, 1.82) is 0 Å². The standard InChI is InChI=1S/C21H27FN4O2S/c1-2-23-21(24-15-17-5-9-19(22)10-6-17)25-16-18-7-11-20(12-8-18)29(27,28)26-13-3-4-14-26/h5-12H,2-4,13-16H2,1H3,(H2,23,24,25). The molecular formula is C21H27FN4O2S. The molecule has 0 radical (unpaired) electrons. The number of nitrogens with one attached hydrogen (secondary N) is 2. The van der Waals surface area contributed by atoms with Crippen LogP contribution in [-0.2, 0) is 23.1 Å². The van der Waals surface area contributed by atoms with E-state index in [0.717, 1.165) is 24.0 Å². The van der Waals surface area contributed by atoms with Crippen LogP contribution in [0.15, 0.2) is 58.4 Å². The molecule has 2 aromatic rings. The van der Waals surface area contributed by atoms with Crippen molar-refractivity contribution in [3.63, 3.8) is 0 Å². The monoisotopic (exact) mass is 418 g/mol. The number of nitrogens with zero attached hydrogens (tertiary/aromatic N) is 2. The lowest BCUT2D eigenvalue weighted by molar-refractivity contribution is 0.477. The molecule has 0 atom stereocenters. The molecule has 1 fully saturated rings. The molecule has 0 bridgehead atoms. The second-order valence-electron chi connectivity index (χ2n) is 6.93. The van der Waals surface area contributed by atoms with Crippen molar-refractivity contribution in [3.8, 4) is 0 Å². The SMILES string of the molecule is CCNC(=NCc1ccc(S(=O)(=O)N2CCCC2)cc1)NCc1ccc(F)cc1. The quantitative estimate of drug-likeness (QED) is 0.536. The van der Waals surface area contributed by atoms with E-state index < -0.39 is 10.0 Å². The minimum atomic E-state index is -3.39. The summed E-state index contributed by atoms with van der Waals surface area (Å²) in [6.07, 6.45) is 1.84. The van der Waals surface area contributed by atoms with Gasteiger partial charge in [-0.15, -0.1) is 0 Å². The molecule has 2 N–H and O–H groups in total. The van der Waals surface area contributed by atoms with E-state index in [2.05, 4.69) is 15.6 Å². The van der Waals surface area contributed by atoms with Crippen LogP contribution in [-0.4, -0.2) is 38.3 Å². The summed E-state index contributed by atoms with van der Waals surface area (Å²) in [4.78, 5) is 4.87. The maximum Gasteiger partial charge on any atom is 0.243 e.